The first-order chi connectivity index (χ1) is 15.7. The van der Waals surface area contributed by atoms with Crippen LogP contribution in [-0.4, -0.2) is 58.9 Å². The van der Waals surface area contributed by atoms with E-state index in [-0.39, 0.29) is 18.4 Å². The average Bonchev–Trinajstić information content (AvgIpc) is 3.31. The lowest BCUT2D eigenvalue weighted by Crippen LogP contribution is -2.52. The van der Waals surface area contributed by atoms with Crippen LogP contribution in [0.15, 0.2) is 48.8 Å². The third-order valence-corrected chi connectivity index (χ3v) is 6.09. The minimum absolute atomic E-state index is 0.0398. The molecule has 0 saturated carbocycles. The summed E-state index contributed by atoms with van der Waals surface area (Å²) in [6.45, 7) is 4.91. The molecule has 0 radical (unpaired) electrons. The quantitative estimate of drug-likeness (QED) is 0.654. The van der Waals surface area contributed by atoms with Gasteiger partial charge in [0, 0.05) is 32.0 Å². The molecule has 32 heavy (non-hydrogen) atoms. The van der Waals surface area contributed by atoms with E-state index in [0.29, 0.717) is 26.1 Å². The fourth-order valence-corrected chi connectivity index (χ4v) is 4.38. The lowest BCUT2D eigenvalue weighted by atomic mass is 10.0. The molecule has 1 aromatic heterocycles. The first kappa shape index (κ1) is 22.4. The van der Waals surface area contributed by atoms with Gasteiger partial charge in [-0.2, -0.15) is 0 Å². The molecule has 2 aliphatic heterocycles. The lowest BCUT2D eigenvalue weighted by Gasteiger charge is -2.32. The number of pyridine rings is 1. The number of aromatic nitrogens is 1. The van der Waals surface area contributed by atoms with Gasteiger partial charge in [-0.1, -0.05) is 30.3 Å². The summed E-state index contributed by atoms with van der Waals surface area (Å²) in [4.78, 5) is 33.5. The van der Waals surface area contributed by atoms with Crippen molar-refractivity contribution in [2.75, 3.05) is 26.2 Å². The predicted molar refractivity (Wildman–Crippen MR) is 121 cm³/mol. The van der Waals surface area contributed by atoms with Crippen molar-refractivity contribution in [2.24, 2.45) is 0 Å². The van der Waals surface area contributed by atoms with Gasteiger partial charge in [0.05, 0.1) is 6.61 Å². The number of nitrogens with zero attached hydrogens (tertiary/aromatic N) is 3. The number of likely N-dealkylation sites (tertiary alicyclic amines) is 2. The standard InChI is InChI=1S/C25H32N4O3/c30-24(19-32-18-21-9-7-20(8-10-21)16-28-12-1-2-13-28)27-23-6-4-14-29(25(23)31)17-22-5-3-11-26-15-22/h3,5,7-11,15,23H,1-2,4,6,12-14,16-19H2,(H,27,30)/t23-/m0/s1. The van der Waals surface area contributed by atoms with E-state index < -0.39 is 6.04 Å². The van der Waals surface area contributed by atoms with Gasteiger partial charge >= 0.3 is 0 Å². The number of nitrogens with one attached hydrogen (secondary N) is 1. The predicted octanol–water partition coefficient (Wildman–Crippen LogP) is 2.50. The van der Waals surface area contributed by atoms with Crippen molar-refractivity contribution in [1.29, 1.82) is 0 Å². The molecule has 2 fully saturated rings. The Balaban J connectivity index is 1.18. The maximum Gasteiger partial charge on any atom is 0.246 e. The monoisotopic (exact) mass is 436 g/mol. The number of ether oxygens (including phenoxy) is 1. The van der Waals surface area contributed by atoms with Gasteiger partial charge in [0.15, 0.2) is 0 Å². The summed E-state index contributed by atoms with van der Waals surface area (Å²) in [5.74, 6) is -0.292. The Morgan fingerprint density at radius 2 is 1.78 bits per heavy atom. The van der Waals surface area contributed by atoms with Gasteiger partial charge in [-0.05, 0) is 61.5 Å². The van der Waals surface area contributed by atoms with Gasteiger partial charge in [-0.3, -0.25) is 19.5 Å². The van der Waals surface area contributed by atoms with Crippen LogP contribution in [-0.2, 0) is 34.0 Å². The number of benzene rings is 1. The van der Waals surface area contributed by atoms with Crippen LogP contribution in [0.25, 0.3) is 0 Å². The van der Waals surface area contributed by atoms with Crippen LogP contribution in [0.4, 0.5) is 0 Å². The normalized spacial score (nSPS) is 19.3. The molecule has 1 aromatic carbocycles. The molecule has 4 rings (SSSR count). The molecule has 170 valence electrons. The van der Waals surface area contributed by atoms with Gasteiger partial charge in [-0.15, -0.1) is 0 Å². The van der Waals surface area contributed by atoms with Crippen molar-refractivity contribution in [2.45, 2.75) is 51.4 Å². The zero-order chi connectivity index (χ0) is 22.2. The van der Waals surface area contributed by atoms with Crippen LogP contribution in [0.1, 0.15) is 42.4 Å². The minimum atomic E-state index is -0.485. The highest BCUT2D eigenvalue weighted by molar-refractivity contribution is 5.88. The highest BCUT2D eigenvalue weighted by Gasteiger charge is 2.29. The zero-order valence-corrected chi connectivity index (χ0v) is 18.5. The van der Waals surface area contributed by atoms with Crippen LogP contribution in [0.5, 0.6) is 0 Å². The van der Waals surface area contributed by atoms with Crippen molar-refractivity contribution < 1.29 is 14.3 Å². The van der Waals surface area contributed by atoms with Crippen LogP contribution in [0, 0.1) is 0 Å². The number of hydrogen-bond acceptors (Lipinski definition) is 5. The molecule has 2 aliphatic rings. The molecule has 1 atom stereocenters. The second-order valence-electron chi connectivity index (χ2n) is 8.68. The third kappa shape index (κ3) is 6.37. The van der Waals surface area contributed by atoms with E-state index in [1.165, 1.54) is 31.5 Å². The Morgan fingerprint density at radius 3 is 2.53 bits per heavy atom. The van der Waals surface area contributed by atoms with E-state index in [9.17, 15) is 9.59 Å². The molecule has 3 heterocycles. The Labute approximate surface area is 189 Å². The topological polar surface area (TPSA) is 74.8 Å². The number of hydrogen-bond donors (Lipinski definition) is 1. The molecule has 0 bridgehead atoms. The Hall–Kier alpha value is -2.77. The van der Waals surface area contributed by atoms with E-state index in [0.717, 1.165) is 24.1 Å². The summed E-state index contributed by atoms with van der Waals surface area (Å²) in [5, 5.41) is 2.84. The largest absolute Gasteiger partial charge is 0.367 e. The van der Waals surface area contributed by atoms with E-state index in [1.54, 1.807) is 17.3 Å². The van der Waals surface area contributed by atoms with Crippen LogP contribution >= 0.6 is 0 Å². The minimum Gasteiger partial charge on any atom is -0.367 e. The summed E-state index contributed by atoms with van der Waals surface area (Å²) in [6.07, 6.45) is 7.59. The second-order valence-corrected chi connectivity index (χ2v) is 8.68. The fraction of sp³-hybridized carbons (Fsp3) is 0.480. The van der Waals surface area contributed by atoms with E-state index in [2.05, 4.69) is 39.5 Å². The lowest BCUT2D eigenvalue weighted by molar-refractivity contribution is -0.140. The summed E-state index contributed by atoms with van der Waals surface area (Å²) in [6, 6.07) is 11.7. The van der Waals surface area contributed by atoms with Gasteiger partial charge in [0.25, 0.3) is 0 Å². The summed E-state index contributed by atoms with van der Waals surface area (Å²) in [5.41, 5.74) is 3.34. The second kappa shape index (κ2) is 11.2. The van der Waals surface area contributed by atoms with E-state index in [1.807, 2.05) is 12.1 Å². The molecule has 2 amide bonds. The van der Waals surface area contributed by atoms with Gasteiger partial charge in [0.1, 0.15) is 12.6 Å². The smallest absolute Gasteiger partial charge is 0.246 e. The summed E-state index contributed by atoms with van der Waals surface area (Å²) in [7, 11) is 0. The fourth-order valence-electron chi connectivity index (χ4n) is 4.38. The molecule has 0 aliphatic carbocycles. The SMILES string of the molecule is O=C(COCc1ccc(CN2CCCC2)cc1)N[C@H]1CCCN(Cc2cccnc2)C1=O. The van der Waals surface area contributed by atoms with E-state index >= 15 is 0 Å². The molecule has 0 spiro atoms. The summed E-state index contributed by atoms with van der Waals surface area (Å²) >= 11 is 0. The van der Waals surface area contributed by atoms with Gasteiger partial charge < -0.3 is 15.0 Å². The Bertz CT molecular complexity index is 882. The van der Waals surface area contributed by atoms with Crippen molar-refractivity contribution in [3.63, 3.8) is 0 Å². The van der Waals surface area contributed by atoms with Gasteiger partial charge in [0.2, 0.25) is 11.8 Å². The molecule has 7 nitrogen and oxygen atoms in total. The van der Waals surface area contributed by atoms with Crippen molar-refractivity contribution >= 4 is 11.8 Å². The first-order valence-corrected chi connectivity index (χ1v) is 11.5. The molecular formula is C25H32N4O3. The maximum absolute atomic E-state index is 12.8. The average molecular weight is 437 g/mol. The maximum atomic E-state index is 12.8. The molecule has 0 unspecified atom stereocenters. The number of piperidine rings is 1. The van der Waals surface area contributed by atoms with Crippen molar-refractivity contribution in [3.8, 4) is 0 Å². The zero-order valence-electron chi connectivity index (χ0n) is 18.5. The molecule has 1 N–H and O–H groups in total. The highest BCUT2D eigenvalue weighted by atomic mass is 16.5. The van der Waals surface area contributed by atoms with Crippen molar-refractivity contribution in [1.82, 2.24) is 20.1 Å². The van der Waals surface area contributed by atoms with Gasteiger partial charge in [-0.25, -0.2) is 0 Å². The number of carbonyl (C=O) groups excluding carboxylic acids is 2. The molecule has 7 heteroatoms. The van der Waals surface area contributed by atoms with Crippen molar-refractivity contribution in [3.05, 3.63) is 65.5 Å². The van der Waals surface area contributed by atoms with E-state index in [4.69, 9.17) is 4.74 Å². The van der Waals surface area contributed by atoms with Crippen LogP contribution in [0.2, 0.25) is 0 Å². The summed E-state index contributed by atoms with van der Waals surface area (Å²) < 4.78 is 5.60. The number of amides is 2. The molecule has 2 aromatic rings. The Morgan fingerprint density at radius 1 is 1.00 bits per heavy atom. The Kier molecular flexibility index (Phi) is 7.85. The van der Waals surface area contributed by atoms with Crippen LogP contribution in [0.3, 0.4) is 0 Å². The molecule has 2 saturated heterocycles. The number of rotatable bonds is 9. The first-order valence-electron chi connectivity index (χ1n) is 11.5. The molecular weight excluding hydrogens is 404 g/mol. The highest BCUT2D eigenvalue weighted by Crippen LogP contribution is 2.16. The van der Waals surface area contributed by atoms with Crippen LogP contribution < -0.4 is 5.32 Å². The third-order valence-electron chi connectivity index (χ3n) is 6.09. The number of carbonyl (C=O) groups is 2.